The van der Waals surface area contributed by atoms with E-state index in [0.717, 1.165) is 12.2 Å². The molecule has 0 radical (unpaired) electrons. The van der Waals surface area contributed by atoms with Gasteiger partial charge in [-0.2, -0.15) is 11.8 Å². The summed E-state index contributed by atoms with van der Waals surface area (Å²) in [6.07, 6.45) is 8.53. The highest BCUT2D eigenvalue weighted by molar-refractivity contribution is 7.98. The minimum Gasteiger partial charge on any atom is -0.395 e. The van der Waals surface area contributed by atoms with Crippen LogP contribution in [0.1, 0.15) is 32.1 Å². The quantitative estimate of drug-likeness (QED) is 0.688. The van der Waals surface area contributed by atoms with Crippen molar-refractivity contribution < 1.29 is 5.11 Å². The first-order chi connectivity index (χ1) is 6.36. The van der Waals surface area contributed by atoms with Gasteiger partial charge in [-0.05, 0) is 31.3 Å². The second-order valence-electron chi connectivity index (χ2n) is 3.81. The zero-order valence-electron chi connectivity index (χ0n) is 8.46. The van der Waals surface area contributed by atoms with Gasteiger partial charge in [-0.15, -0.1) is 0 Å². The standard InChI is InChI=1S/C10H21NOS/c1-13-7-6-10(8-12)11-9-4-2-3-5-9/h9-12H,2-8H2,1H3. The number of aliphatic hydroxyl groups excluding tert-OH is 1. The van der Waals surface area contributed by atoms with Gasteiger partial charge >= 0.3 is 0 Å². The Labute approximate surface area is 85.5 Å². The highest BCUT2D eigenvalue weighted by atomic mass is 32.2. The van der Waals surface area contributed by atoms with Gasteiger partial charge in [0.25, 0.3) is 0 Å². The van der Waals surface area contributed by atoms with Crippen LogP contribution in [0.3, 0.4) is 0 Å². The van der Waals surface area contributed by atoms with Gasteiger partial charge in [-0.1, -0.05) is 12.8 Å². The summed E-state index contributed by atoms with van der Waals surface area (Å²) in [4.78, 5) is 0. The molecular formula is C10H21NOS. The Hall–Kier alpha value is 0.270. The first-order valence-corrected chi connectivity index (χ1v) is 6.62. The van der Waals surface area contributed by atoms with Crippen LogP contribution in [-0.2, 0) is 0 Å². The summed E-state index contributed by atoms with van der Waals surface area (Å²) >= 11 is 1.85. The van der Waals surface area contributed by atoms with Crippen molar-refractivity contribution in [1.29, 1.82) is 0 Å². The minimum absolute atomic E-state index is 0.289. The van der Waals surface area contributed by atoms with Crippen molar-refractivity contribution in [2.45, 2.75) is 44.2 Å². The van der Waals surface area contributed by atoms with Crippen molar-refractivity contribution in [2.75, 3.05) is 18.6 Å². The monoisotopic (exact) mass is 203 g/mol. The molecule has 0 aromatic heterocycles. The molecule has 1 rings (SSSR count). The molecule has 78 valence electrons. The molecule has 0 saturated heterocycles. The molecular weight excluding hydrogens is 182 g/mol. The van der Waals surface area contributed by atoms with E-state index in [0.29, 0.717) is 12.1 Å². The van der Waals surface area contributed by atoms with E-state index in [2.05, 4.69) is 11.6 Å². The summed E-state index contributed by atoms with van der Waals surface area (Å²) in [7, 11) is 0. The maximum absolute atomic E-state index is 9.14. The third-order valence-electron chi connectivity index (χ3n) is 2.72. The first kappa shape index (κ1) is 11.3. The van der Waals surface area contributed by atoms with Gasteiger partial charge in [-0.3, -0.25) is 0 Å². The topological polar surface area (TPSA) is 32.3 Å². The van der Waals surface area contributed by atoms with Gasteiger partial charge in [0.2, 0.25) is 0 Å². The summed E-state index contributed by atoms with van der Waals surface area (Å²) in [5, 5.41) is 12.7. The molecule has 0 spiro atoms. The van der Waals surface area contributed by atoms with Gasteiger partial charge in [0.1, 0.15) is 0 Å². The smallest absolute Gasteiger partial charge is 0.0585 e. The fraction of sp³-hybridized carbons (Fsp3) is 1.00. The molecule has 2 nitrogen and oxygen atoms in total. The van der Waals surface area contributed by atoms with E-state index < -0.39 is 0 Å². The normalized spacial score (nSPS) is 20.8. The summed E-state index contributed by atoms with van der Waals surface area (Å²) < 4.78 is 0. The molecule has 1 aliphatic rings. The van der Waals surface area contributed by atoms with Crippen LogP contribution in [0, 0.1) is 0 Å². The highest BCUT2D eigenvalue weighted by Crippen LogP contribution is 2.18. The van der Waals surface area contributed by atoms with Crippen molar-refractivity contribution in [3.05, 3.63) is 0 Å². The molecule has 0 aliphatic heterocycles. The first-order valence-electron chi connectivity index (χ1n) is 5.22. The lowest BCUT2D eigenvalue weighted by molar-refractivity contribution is 0.228. The van der Waals surface area contributed by atoms with Crippen molar-refractivity contribution in [2.24, 2.45) is 0 Å². The molecule has 1 saturated carbocycles. The average Bonchev–Trinajstić information content (AvgIpc) is 2.64. The van der Waals surface area contributed by atoms with Crippen molar-refractivity contribution >= 4 is 11.8 Å². The second-order valence-corrected chi connectivity index (χ2v) is 4.79. The summed E-state index contributed by atoms with van der Waals surface area (Å²) in [6.45, 7) is 0.289. The predicted octanol–water partition coefficient (Wildman–Crippen LogP) is 1.63. The van der Waals surface area contributed by atoms with Gasteiger partial charge in [0, 0.05) is 12.1 Å². The summed E-state index contributed by atoms with van der Waals surface area (Å²) in [5.74, 6) is 1.14. The zero-order valence-corrected chi connectivity index (χ0v) is 9.28. The van der Waals surface area contributed by atoms with Gasteiger partial charge in [0.15, 0.2) is 0 Å². The third kappa shape index (κ3) is 4.34. The Morgan fingerprint density at radius 2 is 2.15 bits per heavy atom. The molecule has 1 aliphatic carbocycles. The van der Waals surface area contributed by atoms with Crippen molar-refractivity contribution in [3.8, 4) is 0 Å². The number of nitrogens with one attached hydrogen (secondary N) is 1. The molecule has 13 heavy (non-hydrogen) atoms. The van der Waals surface area contributed by atoms with Crippen LogP contribution in [0.25, 0.3) is 0 Å². The second kappa shape index (κ2) is 6.68. The molecule has 0 aromatic rings. The molecule has 0 amide bonds. The molecule has 0 aromatic carbocycles. The number of aliphatic hydroxyl groups is 1. The van der Waals surface area contributed by atoms with E-state index in [1.807, 2.05) is 11.8 Å². The van der Waals surface area contributed by atoms with E-state index in [1.54, 1.807) is 0 Å². The van der Waals surface area contributed by atoms with Gasteiger partial charge in [-0.25, -0.2) is 0 Å². The van der Waals surface area contributed by atoms with Gasteiger partial charge < -0.3 is 10.4 Å². The Bertz CT molecular complexity index is 126. The van der Waals surface area contributed by atoms with Crippen LogP contribution in [-0.4, -0.2) is 35.8 Å². The average molecular weight is 203 g/mol. The van der Waals surface area contributed by atoms with Crippen LogP contribution < -0.4 is 5.32 Å². The number of hydrogen-bond donors (Lipinski definition) is 2. The largest absolute Gasteiger partial charge is 0.395 e. The molecule has 0 bridgehead atoms. The van der Waals surface area contributed by atoms with E-state index in [4.69, 9.17) is 5.11 Å². The van der Waals surface area contributed by atoms with E-state index in [1.165, 1.54) is 25.7 Å². The fourth-order valence-electron chi connectivity index (χ4n) is 1.91. The Morgan fingerprint density at radius 3 is 2.69 bits per heavy atom. The van der Waals surface area contributed by atoms with Crippen molar-refractivity contribution in [3.63, 3.8) is 0 Å². The predicted molar refractivity (Wildman–Crippen MR) is 59.3 cm³/mol. The minimum atomic E-state index is 0.289. The molecule has 1 unspecified atom stereocenters. The Kier molecular flexibility index (Phi) is 5.83. The maximum Gasteiger partial charge on any atom is 0.0585 e. The molecule has 3 heteroatoms. The third-order valence-corrected chi connectivity index (χ3v) is 3.36. The SMILES string of the molecule is CSCCC(CO)NC1CCCC1. The fourth-order valence-corrected chi connectivity index (χ4v) is 2.43. The highest BCUT2D eigenvalue weighted by Gasteiger charge is 2.17. The Balaban J connectivity index is 2.13. The number of hydrogen-bond acceptors (Lipinski definition) is 3. The van der Waals surface area contributed by atoms with Crippen LogP contribution in [0.4, 0.5) is 0 Å². The Morgan fingerprint density at radius 1 is 1.46 bits per heavy atom. The van der Waals surface area contributed by atoms with Crippen LogP contribution in [0.5, 0.6) is 0 Å². The molecule has 1 atom stereocenters. The molecule has 0 heterocycles. The van der Waals surface area contributed by atoms with Gasteiger partial charge in [0.05, 0.1) is 6.61 Å². The summed E-state index contributed by atoms with van der Waals surface area (Å²) in [6, 6.07) is 1.01. The van der Waals surface area contributed by atoms with E-state index >= 15 is 0 Å². The van der Waals surface area contributed by atoms with E-state index in [-0.39, 0.29) is 6.61 Å². The maximum atomic E-state index is 9.14. The zero-order chi connectivity index (χ0) is 9.52. The van der Waals surface area contributed by atoms with E-state index in [9.17, 15) is 0 Å². The van der Waals surface area contributed by atoms with Crippen LogP contribution in [0.15, 0.2) is 0 Å². The lowest BCUT2D eigenvalue weighted by Crippen LogP contribution is -2.39. The number of rotatable bonds is 6. The van der Waals surface area contributed by atoms with Crippen LogP contribution >= 0.6 is 11.8 Å². The van der Waals surface area contributed by atoms with Crippen molar-refractivity contribution in [1.82, 2.24) is 5.32 Å². The molecule has 1 fully saturated rings. The number of thioether (sulfide) groups is 1. The lowest BCUT2D eigenvalue weighted by atomic mass is 10.2. The lowest BCUT2D eigenvalue weighted by Gasteiger charge is -2.20. The van der Waals surface area contributed by atoms with Crippen LogP contribution in [0.2, 0.25) is 0 Å². The summed E-state index contributed by atoms with van der Waals surface area (Å²) in [5.41, 5.74) is 0. The molecule has 2 N–H and O–H groups in total.